The quantitative estimate of drug-likeness (QED) is 0.731. The molecule has 150 valence electrons. The molecule has 0 saturated carbocycles. The van der Waals surface area contributed by atoms with E-state index in [0.29, 0.717) is 24.1 Å². The Morgan fingerprint density at radius 1 is 1.00 bits per heavy atom. The van der Waals surface area contributed by atoms with E-state index in [9.17, 15) is 22.2 Å². The summed E-state index contributed by atoms with van der Waals surface area (Å²) in [5, 5.41) is 2.71. The predicted molar refractivity (Wildman–Crippen MR) is 97.1 cm³/mol. The predicted octanol–water partition coefficient (Wildman–Crippen LogP) is 3.86. The van der Waals surface area contributed by atoms with Crippen LogP contribution in [0.4, 0.5) is 13.2 Å². The minimum absolute atomic E-state index is 0.0667. The molecule has 0 aromatic carbocycles. The lowest BCUT2D eigenvalue weighted by atomic mass is 10.0. The fourth-order valence-corrected chi connectivity index (χ4v) is 3.08. The lowest BCUT2D eigenvalue weighted by molar-refractivity contribution is -0.306. The van der Waals surface area contributed by atoms with Crippen LogP contribution in [0.3, 0.4) is 0 Å². The molecular weight excluding hydrogens is 381 g/mol. The van der Waals surface area contributed by atoms with Crippen molar-refractivity contribution in [1.29, 1.82) is 0 Å². The zero-order valence-electron chi connectivity index (χ0n) is 15.4. The molecule has 5 nitrogen and oxygen atoms in total. The summed E-state index contributed by atoms with van der Waals surface area (Å²) >= 11 is 0. The van der Waals surface area contributed by atoms with Gasteiger partial charge in [-0.1, -0.05) is 6.08 Å². The average Bonchev–Trinajstić information content (AvgIpc) is 2.55. The molecule has 0 spiro atoms. The Kier molecular flexibility index (Phi) is 6.56. The normalized spacial score (nSPS) is 19.2. The minimum atomic E-state index is -4.71. The highest BCUT2D eigenvalue weighted by molar-refractivity contribution is 7.84. The molecule has 2 rings (SSSR count). The maximum atomic E-state index is 12.3. The van der Waals surface area contributed by atoms with Gasteiger partial charge in [0.2, 0.25) is 0 Å². The summed E-state index contributed by atoms with van der Waals surface area (Å²) in [4.78, 5) is 12.3. The molecule has 0 fully saturated rings. The highest BCUT2D eigenvalue weighted by atomic mass is 32.2. The Bertz CT molecular complexity index is 744. The van der Waals surface area contributed by atoms with Crippen molar-refractivity contribution in [2.75, 3.05) is 0 Å². The molecule has 2 aliphatic carbocycles. The Balaban J connectivity index is 1.93. The second kappa shape index (κ2) is 8.33. The smallest absolute Gasteiger partial charge is 0.410 e. The van der Waals surface area contributed by atoms with Gasteiger partial charge in [0, 0.05) is 23.4 Å². The first-order chi connectivity index (χ1) is 12.4. The zero-order chi connectivity index (χ0) is 20.2. The Labute approximate surface area is 159 Å². The van der Waals surface area contributed by atoms with E-state index >= 15 is 0 Å². The number of halogens is 3. The molecule has 0 bridgehead atoms. The van der Waals surface area contributed by atoms with Crippen LogP contribution in [0.2, 0.25) is 0 Å². The van der Waals surface area contributed by atoms with Crippen molar-refractivity contribution in [1.82, 2.24) is 10.0 Å². The van der Waals surface area contributed by atoms with Crippen molar-refractivity contribution in [3.63, 3.8) is 0 Å². The van der Waals surface area contributed by atoms with Crippen molar-refractivity contribution < 1.29 is 26.9 Å². The van der Waals surface area contributed by atoms with Crippen molar-refractivity contribution in [3.05, 3.63) is 47.0 Å². The van der Waals surface area contributed by atoms with Gasteiger partial charge in [-0.05, 0) is 58.3 Å². The SMILES string of the molecule is CC(C)(C)S(=O)NC1=CC=C(C(=O)NC2=CC=C(OC(F)(F)F)CC2)CC1. The van der Waals surface area contributed by atoms with Gasteiger partial charge in [0.25, 0.3) is 5.91 Å². The second-order valence-electron chi connectivity index (χ2n) is 7.19. The molecular formula is C18H23F3N2O3S. The van der Waals surface area contributed by atoms with Crippen molar-refractivity contribution in [2.45, 2.75) is 57.6 Å². The monoisotopic (exact) mass is 404 g/mol. The summed E-state index contributed by atoms with van der Waals surface area (Å²) < 4.78 is 55.0. The van der Waals surface area contributed by atoms with Crippen LogP contribution in [0, 0.1) is 0 Å². The summed E-state index contributed by atoms with van der Waals surface area (Å²) in [5.41, 5.74) is 1.90. The Morgan fingerprint density at radius 2 is 1.63 bits per heavy atom. The van der Waals surface area contributed by atoms with E-state index < -0.39 is 22.1 Å². The Hall–Kier alpha value is -2.03. The van der Waals surface area contributed by atoms with E-state index in [0.717, 1.165) is 5.70 Å². The van der Waals surface area contributed by atoms with Crippen LogP contribution in [0.15, 0.2) is 47.0 Å². The van der Waals surface area contributed by atoms with E-state index in [1.807, 2.05) is 20.8 Å². The summed E-state index contributed by atoms with van der Waals surface area (Å²) in [6.45, 7) is 5.60. The van der Waals surface area contributed by atoms with Crippen molar-refractivity contribution in [3.8, 4) is 0 Å². The lowest BCUT2D eigenvalue weighted by Gasteiger charge is -2.22. The zero-order valence-corrected chi connectivity index (χ0v) is 16.2. The molecule has 0 aliphatic heterocycles. The molecule has 27 heavy (non-hydrogen) atoms. The number of hydrogen-bond acceptors (Lipinski definition) is 3. The van der Waals surface area contributed by atoms with Gasteiger partial charge in [-0.25, -0.2) is 4.21 Å². The first kappa shape index (κ1) is 21.3. The molecule has 0 aromatic rings. The second-order valence-corrected chi connectivity index (χ2v) is 9.16. The van der Waals surface area contributed by atoms with Gasteiger partial charge in [0.1, 0.15) is 16.7 Å². The molecule has 0 radical (unpaired) electrons. The average molecular weight is 404 g/mol. The van der Waals surface area contributed by atoms with E-state index in [2.05, 4.69) is 14.8 Å². The Morgan fingerprint density at radius 3 is 2.11 bits per heavy atom. The van der Waals surface area contributed by atoms with E-state index in [1.165, 1.54) is 12.2 Å². The number of ether oxygens (including phenoxy) is 1. The van der Waals surface area contributed by atoms with Crippen LogP contribution >= 0.6 is 0 Å². The van der Waals surface area contributed by atoms with Crippen molar-refractivity contribution in [2.24, 2.45) is 0 Å². The van der Waals surface area contributed by atoms with Gasteiger partial charge >= 0.3 is 6.36 Å². The first-order valence-corrected chi connectivity index (χ1v) is 9.64. The molecule has 1 unspecified atom stereocenters. The standard InChI is InChI=1S/C18H23F3N2O3S/c1-17(2,3)27(25)23-14-6-4-12(5-7-14)16(24)22-13-8-10-15(11-9-13)26-18(19,20)21/h4,6,8,10,23H,5,7,9,11H2,1-3H3,(H,22,24). The molecule has 0 saturated heterocycles. The number of carbonyl (C=O) groups excluding carboxylic acids is 1. The van der Waals surface area contributed by atoms with Gasteiger partial charge in [-0.15, -0.1) is 13.2 Å². The summed E-state index contributed by atoms with van der Waals surface area (Å²) in [6.07, 6.45) is 2.69. The summed E-state index contributed by atoms with van der Waals surface area (Å²) in [7, 11) is -1.23. The number of alkyl halides is 3. The van der Waals surface area contributed by atoms with Gasteiger partial charge in [0.05, 0.1) is 4.75 Å². The third-order valence-corrected chi connectivity index (χ3v) is 5.41. The van der Waals surface area contributed by atoms with Gasteiger partial charge < -0.3 is 14.8 Å². The lowest BCUT2D eigenvalue weighted by Crippen LogP contribution is -2.33. The van der Waals surface area contributed by atoms with E-state index in [1.54, 1.807) is 12.2 Å². The van der Waals surface area contributed by atoms with Gasteiger partial charge in [0.15, 0.2) is 0 Å². The topological polar surface area (TPSA) is 67.4 Å². The van der Waals surface area contributed by atoms with E-state index in [4.69, 9.17) is 0 Å². The molecule has 0 aromatic heterocycles. The van der Waals surface area contributed by atoms with Crippen LogP contribution in [0.5, 0.6) is 0 Å². The first-order valence-electron chi connectivity index (χ1n) is 8.49. The molecule has 0 heterocycles. The molecule has 1 amide bonds. The third-order valence-electron chi connectivity index (χ3n) is 3.85. The van der Waals surface area contributed by atoms with Gasteiger partial charge in [-0.3, -0.25) is 4.79 Å². The highest BCUT2D eigenvalue weighted by Crippen LogP contribution is 2.27. The molecule has 1 atom stereocenters. The van der Waals surface area contributed by atoms with Crippen LogP contribution < -0.4 is 10.0 Å². The highest BCUT2D eigenvalue weighted by Gasteiger charge is 2.32. The summed E-state index contributed by atoms with van der Waals surface area (Å²) in [6, 6.07) is 0. The fraction of sp³-hybridized carbons (Fsp3) is 0.500. The maximum absolute atomic E-state index is 12.3. The van der Waals surface area contributed by atoms with E-state index in [-0.39, 0.29) is 24.5 Å². The third kappa shape index (κ3) is 6.89. The number of amides is 1. The van der Waals surface area contributed by atoms with Crippen LogP contribution in [-0.4, -0.2) is 21.2 Å². The molecule has 2 aliphatic rings. The maximum Gasteiger partial charge on any atom is 0.572 e. The number of nitrogens with one attached hydrogen (secondary N) is 2. The minimum Gasteiger partial charge on any atom is -0.410 e. The number of rotatable bonds is 5. The van der Waals surface area contributed by atoms with Crippen molar-refractivity contribution >= 4 is 16.9 Å². The molecule has 9 heteroatoms. The number of carbonyl (C=O) groups is 1. The number of hydrogen-bond donors (Lipinski definition) is 2. The molecule has 2 N–H and O–H groups in total. The van der Waals surface area contributed by atoms with Crippen LogP contribution in [0.25, 0.3) is 0 Å². The van der Waals surface area contributed by atoms with Crippen LogP contribution in [-0.2, 0) is 20.5 Å². The summed E-state index contributed by atoms with van der Waals surface area (Å²) in [5.74, 6) is -0.468. The largest absolute Gasteiger partial charge is 0.572 e. The van der Waals surface area contributed by atoms with Gasteiger partial charge in [-0.2, -0.15) is 0 Å². The van der Waals surface area contributed by atoms with Crippen LogP contribution in [0.1, 0.15) is 46.5 Å². The fourth-order valence-electron chi connectivity index (χ4n) is 2.37. The number of allylic oxidation sites excluding steroid dienone is 7.